The highest BCUT2D eigenvalue weighted by Gasteiger charge is 2.29. The lowest BCUT2D eigenvalue weighted by Crippen LogP contribution is -2.49. The molecule has 2 atom stereocenters. The van der Waals surface area contributed by atoms with Crippen LogP contribution in [0.1, 0.15) is 13.3 Å². The molecule has 24 heavy (non-hydrogen) atoms. The molecule has 1 fully saturated rings. The van der Waals surface area contributed by atoms with Gasteiger partial charge in [0.05, 0.1) is 18.6 Å². The Hall–Kier alpha value is -2.29. The molecule has 0 bridgehead atoms. The average molecular weight is 355 g/mol. The number of hydrogen-bond acceptors (Lipinski definition) is 5. The van der Waals surface area contributed by atoms with E-state index in [4.69, 9.17) is 4.74 Å². The van der Waals surface area contributed by atoms with Gasteiger partial charge >= 0.3 is 6.03 Å². The van der Waals surface area contributed by atoms with Gasteiger partial charge in [-0.25, -0.2) is 13.2 Å². The predicted octanol–water partition coefficient (Wildman–Crippen LogP) is 0.508. The van der Waals surface area contributed by atoms with Crippen LogP contribution < -0.4 is 20.7 Å². The Balaban J connectivity index is 1.83. The van der Waals surface area contributed by atoms with E-state index in [-0.39, 0.29) is 11.5 Å². The Bertz CT molecular complexity index is 720. The minimum atomic E-state index is -3.07. The van der Waals surface area contributed by atoms with Crippen molar-refractivity contribution in [1.82, 2.24) is 10.6 Å². The average Bonchev–Trinajstić information content (AvgIpc) is 2.85. The molecule has 1 heterocycles. The van der Waals surface area contributed by atoms with Gasteiger partial charge < -0.3 is 20.7 Å². The Morgan fingerprint density at radius 3 is 2.71 bits per heavy atom. The third-order valence-electron chi connectivity index (χ3n) is 3.65. The number of hydrogen-bond donors (Lipinski definition) is 3. The number of urea groups is 1. The summed E-state index contributed by atoms with van der Waals surface area (Å²) in [4.78, 5) is 24.0. The topological polar surface area (TPSA) is 114 Å². The van der Waals surface area contributed by atoms with Crippen molar-refractivity contribution in [2.75, 3.05) is 23.9 Å². The number of methoxy groups -OCH3 is 1. The maximum atomic E-state index is 12.1. The molecule has 1 aliphatic rings. The normalized spacial score (nSPS) is 20.0. The van der Waals surface area contributed by atoms with Crippen LogP contribution in [-0.2, 0) is 14.6 Å². The minimum Gasteiger partial charge on any atom is -0.497 e. The zero-order chi connectivity index (χ0) is 17.7. The van der Waals surface area contributed by atoms with Gasteiger partial charge in [0.25, 0.3) is 0 Å². The molecule has 1 aliphatic heterocycles. The van der Waals surface area contributed by atoms with E-state index in [9.17, 15) is 18.0 Å². The third kappa shape index (κ3) is 5.12. The highest BCUT2D eigenvalue weighted by Crippen LogP contribution is 2.16. The summed E-state index contributed by atoms with van der Waals surface area (Å²) in [5.74, 6) is 0.222. The van der Waals surface area contributed by atoms with Crippen molar-refractivity contribution in [2.45, 2.75) is 25.4 Å². The Morgan fingerprint density at radius 1 is 1.33 bits per heavy atom. The van der Waals surface area contributed by atoms with Crippen LogP contribution in [0.4, 0.5) is 10.5 Å². The monoisotopic (exact) mass is 355 g/mol. The van der Waals surface area contributed by atoms with Gasteiger partial charge in [-0.2, -0.15) is 0 Å². The third-order valence-corrected chi connectivity index (χ3v) is 5.41. The SMILES string of the molecule is COc1cccc(NC(=O)[C@H](C)NC(=O)NC2CCS(=O)(=O)C2)c1. The smallest absolute Gasteiger partial charge is 0.315 e. The van der Waals surface area contributed by atoms with E-state index in [2.05, 4.69) is 16.0 Å². The molecule has 0 saturated carbocycles. The first-order chi connectivity index (χ1) is 11.3. The van der Waals surface area contributed by atoms with E-state index in [0.29, 0.717) is 17.9 Å². The molecule has 8 nitrogen and oxygen atoms in total. The van der Waals surface area contributed by atoms with Crippen LogP contribution in [0.5, 0.6) is 5.75 Å². The van der Waals surface area contributed by atoms with Crippen LogP contribution in [0, 0.1) is 0 Å². The minimum absolute atomic E-state index is 0.0647. The summed E-state index contributed by atoms with van der Waals surface area (Å²) in [5, 5.41) is 7.74. The molecule has 1 saturated heterocycles. The summed E-state index contributed by atoms with van der Waals surface area (Å²) in [6.07, 6.45) is 0.389. The van der Waals surface area contributed by atoms with Gasteiger partial charge in [0.1, 0.15) is 11.8 Å². The van der Waals surface area contributed by atoms with Crippen molar-refractivity contribution in [2.24, 2.45) is 0 Å². The van der Waals surface area contributed by atoms with E-state index < -0.39 is 33.9 Å². The molecule has 132 valence electrons. The van der Waals surface area contributed by atoms with E-state index in [0.717, 1.165) is 0 Å². The lowest BCUT2D eigenvalue weighted by Gasteiger charge is -2.17. The molecule has 1 unspecified atom stereocenters. The second-order valence-electron chi connectivity index (χ2n) is 5.66. The van der Waals surface area contributed by atoms with Crippen LogP contribution in [0.15, 0.2) is 24.3 Å². The molecular formula is C15H21N3O5S. The van der Waals surface area contributed by atoms with Gasteiger partial charge in [-0.1, -0.05) is 6.07 Å². The van der Waals surface area contributed by atoms with Crippen molar-refractivity contribution in [1.29, 1.82) is 0 Å². The number of benzene rings is 1. The lowest BCUT2D eigenvalue weighted by atomic mass is 10.2. The molecule has 1 aromatic rings. The van der Waals surface area contributed by atoms with E-state index in [1.165, 1.54) is 7.11 Å². The molecule has 3 amide bonds. The summed E-state index contributed by atoms with van der Waals surface area (Å²) in [6.45, 7) is 1.54. The summed E-state index contributed by atoms with van der Waals surface area (Å²) in [6, 6.07) is 5.09. The standard InChI is InChI=1S/C15H21N3O5S/c1-10(14(19)17-11-4-3-5-13(8-11)23-2)16-15(20)18-12-6-7-24(21,22)9-12/h3-5,8,10,12H,6-7,9H2,1-2H3,(H,17,19)(H2,16,18,20)/t10-,12?/m0/s1. The zero-order valence-corrected chi connectivity index (χ0v) is 14.4. The maximum Gasteiger partial charge on any atom is 0.315 e. The Labute approximate surface area is 140 Å². The summed E-state index contributed by atoms with van der Waals surface area (Å²) < 4.78 is 27.8. The number of sulfone groups is 1. The van der Waals surface area contributed by atoms with E-state index in [1.807, 2.05) is 0 Å². The van der Waals surface area contributed by atoms with E-state index >= 15 is 0 Å². The van der Waals surface area contributed by atoms with Crippen molar-refractivity contribution in [3.63, 3.8) is 0 Å². The highest BCUT2D eigenvalue weighted by atomic mass is 32.2. The number of nitrogens with one attached hydrogen (secondary N) is 3. The van der Waals surface area contributed by atoms with Gasteiger partial charge in [0, 0.05) is 17.8 Å². The molecular weight excluding hydrogens is 334 g/mol. The van der Waals surface area contributed by atoms with Crippen LogP contribution in [0.3, 0.4) is 0 Å². The first kappa shape index (κ1) is 18.1. The van der Waals surface area contributed by atoms with E-state index in [1.54, 1.807) is 31.2 Å². The molecule has 0 spiro atoms. The summed E-state index contributed by atoms with van der Waals surface area (Å²) in [5.41, 5.74) is 0.551. The number of anilines is 1. The molecule has 2 rings (SSSR count). The molecule has 9 heteroatoms. The number of amides is 3. The Morgan fingerprint density at radius 2 is 2.08 bits per heavy atom. The molecule has 1 aromatic carbocycles. The summed E-state index contributed by atoms with van der Waals surface area (Å²) >= 11 is 0. The van der Waals surface area contributed by atoms with Gasteiger partial charge in [-0.3, -0.25) is 4.79 Å². The summed E-state index contributed by atoms with van der Waals surface area (Å²) in [7, 11) is -1.54. The number of carbonyl (C=O) groups is 2. The van der Waals surface area contributed by atoms with Gasteiger partial charge in [0.15, 0.2) is 9.84 Å². The van der Waals surface area contributed by atoms with Crippen molar-refractivity contribution < 1.29 is 22.7 Å². The molecule has 0 aliphatic carbocycles. The fraction of sp³-hybridized carbons (Fsp3) is 0.467. The quantitative estimate of drug-likeness (QED) is 0.712. The van der Waals surface area contributed by atoms with Crippen LogP contribution in [-0.4, -0.2) is 51.1 Å². The largest absolute Gasteiger partial charge is 0.497 e. The number of ether oxygens (including phenoxy) is 1. The van der Waals surface area contributed by atoms with Crippen molar-refractivity contribution in [3.8, 4) is 5.75 Å². The maximum absolute atomic E-state index is 12.1. The van der Waals surface area contributed by atoms with Crippen molar-refractivity contribution in [3.05, 3.63) is 24.3 Å². The lowest BCUT2D eigenvalue weighted by molar-refractivity contribution is -0.117. The van der Waals surface area contributed by atoms with Crippen LogP contribution in [0.25, 0.3) is 0 Å². The second-order valence-corrected chi connectivity index (χ2v) is 7.89. The van der Waals surface area contributed by atoms with Gasteiger partial charge in [0.2, 0.25) is 5.91 Å². The first-order valence-corrected chi connectivity index (χ1v) is 9.33. The molecule has 0 aromatic heterocycles. The van der Waals surface area contributed by atoms with Gasteiger partial charge in [-0.15, -0.1) is 0 Å². The van der Waals surface area contributed by atoms with Crippen molar-refractivity contribution >= 4 is 27.5 Å². The predicted molar refractivity (Wildman–Crippen MR) is 89.8 cm³/mol. The fourth-order valence-corrected chi connectivity index (χ4v) is 4.02. The second kappa shape index (κ2) is 7.52. The number of rotatable bonds is 5. The zero-order valence-electron chi connectivity index (χ0n) is 13.5. The first-order valence-electron chi connectivity index (χ1n) is 7.51. The fourth-order valence-electron chi connectivity index (χ4n) is 2.35. The highest BCUT2D eigenvalue weighted by molar-refractivity contribution is 7.91. The molecule has 3 N–H and O–H groups in total. The molecule has 0 radical (unpaired) electrons. The van der Waals surface area contributed by atoms with Crippen LogP contribution in [0.2, 0.25) is 0 Å². The van der Waals surface area contributed by atoms with Gasteiger partial charge in [-0.05, 0) is 25.5 Å². The van der Waals surface area contributed by atoms with Crippen LogP contribution >= 0.6 is 0 Å². The number of carbonyl (C=O) groups excluding carboxylic acids is 2. The Kier molecular flexibility index (Phi) is 5.66.